The molecule has 1 fully saturated rings. The fraction of sp³-hybridized carbons (Fsp3) is 0.500. The number of fused-ring (bicyclic) bond motifs is 1. The Morgan fingerprint density at radius 2 is 1.32 bits per heavy atom. The molecule has 2 aliphatic rings. The second kappa shape index (κ2) is 4.38. The van der Waals surface area contributed by atoms with E-state index in [9.17, 15) is 0 Å². The van der Waals surface area contributed by atoms with Gasteiger partial charge in [0, 0.05) is 36.8 Å². The highest BCUT2D eigenvalue weighted by atomic mass is 16.4. The molecule has 6 heteroatoms. The molecule has 0 radical (unpaired) electrons. The van der Waals surface area contributed by atoms with Gasteiger partial charge < -0.3 is 8.83 Å². The standard InChI is InChI=1S/C16H18N4O2/c1-8-17-19-14(21-8)10-6-5-7-11(13-12(10)16(13,3)4)15-20-18-9(2)22-15/h6-7,12-13H,5H2,1-4H3. The first-order chi connectivity index (χ1) is 10.5. The summed E-state index contributed by atoms with van der Waals surface area (Å²) in [5, 5.41) is 16.3. The molecule has 2 aromatic rings. The number of hydrogen-bond donors (Lipinski definition) is 0. The van der Waals surface area contributed by atoms with E-state index in [0.717, 1.165) is 17.6 Å². The van der Waals surface area contributed by atoms with E-state index in [1.165, 1.54) is 0 Å². The summed E-state index contributed by atoms with van der Waals surface area (Å²) in [6.45, 7) is 8.13. The van der Waals surface area contributed by atoms with Gasteiger partial charge in [-0.05, 0) is 11.8 Å². The van der Waals surface area contributed by atoms with E-state index in [1.54, 1.807) is 0 Å². The number of aryl methyl sites for hydroxylation is 2. The normalized spacial score (nSPS) is 26.0. The van der Waals surface area contributed by atoms with Crippen LogP contribution < -0.4 is 0 Å². The number of nitrogens with zero attached hydrogens (tertiary/aromatic N) is 4. The summed E-state index contributed by atoms with van der Waals surface area (Å²) in [4.78, 5) is 0. The van der Waals surface area contributed by atoms with E-state index in [4.69, 9.17) is 8.83 Å². The minimum absolute atomic E-state index is 0.114. The molecule has 0 amide bonds. The van der Waals surface area contributed by atoms with E-state index >= 15 is 0 Å². The van der Waals surface area contributed by atoms with E-state index in [2.05, 4.69) is 46.4 Å². The minimum Gasteiger partial charge on any atom is -0.421 e. The molecule has 2 unspecified atom stereocenters. The molecule has 0 N–H and O–H groups in total. The summed E-state index contributed by atoms with van der Waals surface area (Å²) in [6.07, 6.45) is 5.15. The minimum atomic E-state index is 0.114. The first-order valence-corrected chi connectivity index (χ1v) is 7.49. The van der Waals surface area contributed by atoms with E-state index < -0.39 is 0 Å². The average Bonchev–Trinajstić information content (AvgIpc) is 2.78. The van der Waals surface area contributed by atoms with Crippen molar-refractivity contribution in [3.63, 3.8) is 0 Å². The zero-order valence-corrected chi connectivity index (χ0v) is 13.1. The van der Waals surface area contributed by atoms with Gasteiger partial charge in [0.2, 0.25) is 23.6 Å². The van der Waals surface area contributed by atoms with Crippen LogP contribution in [0.25, 0.3) is 11.1 Å². The molecule has 1 saturated carbocycles. The first-order valence-electron chi connectivity index (χ1n) is 7.49. The van der Waals surface area contributed by atoms with Crippen LogP contribution in [0, 0.1) is 31.1 Å². The lowest BCUT2D eigenvalue weighted by atomic mass is 10.00. The van der Waals surface area contributed by atoms with Crippen molar-refractivity contribution in [2.75, 3.05) is 0 Å². The lowest BCUT2D eigenvalue weighted by Crippen LogP contribution is -1.96. The fourth-order valence-corrected chi connectivity index (χ4v) is 3.63. The summed E-state index contributed by atoms with van der Waals surface area (Å²) < 4.78 is 11.3. The van der Waals surface area contributed by atoms with Gasteiger partial charge in [0.05, 0.1) is 0 Å². The molecular weight excluding hydrogens is 280 g/mol. The predicted octanol–water partition coefficient (Wildman–Crippen LogP) is 3.21. The smallest absolute Gasteiger partial charge is 0.243 e. The average molecular weight is 298 g/mol. The molecule has 0 aromatic carbocycles. The van der Waals surface area contributed by atoms with Crippen molar-refractivity contribution in [3.05, 3.63) is 35.7 Å². The first kappa shape index (κ1) is 13.4. The van der Waals surface area contributed by atoms with Crippen LogP contribution in [0.1, 0.15) is 43.8 Å². The Balaban J connectivity index is 1.72. The second-order valence-electron chi connectivity index (χ2n) is 6.58. The van der Waals surface area contributed by atoms with Crippen LogP contribution in [0.2, 0.25) is 0 Å². The maximum atomic E-state index is 5.65. The van der Waals surface area contributed by atoms with E-state index in [1.807, 2.05) is 13.8 Å². The third-order valence-corrected chi connectivity index (χ3v) is 4.72. The Morgan fingerprint density at radius 1 is 0.864 bits per heavy atom. The van der Waals surface area contributed by atoms with Crippen molar-refractivity contribution >= 4 is 11.1 Å². The van der Waals surface area contributed by atoms with Gasteiger partial charge >= 0.3 is 0 Å². The molecule has 2 aromatic heterocycles. The Labute approximate surface area is 128 Å². The monoisotopic (exact) mass is 298 g/mol. The largest absolute Gasteiger partial charge is 0.421 e. The zero-order valence-electron chi connectivity index (χ0n) is 13.1. The summed E-state index contributed by atoms with van der Waals surface area (Å²) in [5.74, 6) is 3.14. The molecule has 22 heavy (non-hydrogen) atoms. The molecule has 0 bridgehead atoms. The zero-order chi connectivity index (χ0) is 15.5. The Bertz CT molecular complexity index is 732. The van der Waals surface area contributed by atoms with Crippen LogP contribution in [-0.2, 0) is 0 Å². The Hall–Kier alpha value is -2.24. The van der Waals surface area contributed by atoms with Gasteiger partial charge in [0.1, 0.15) is 0 Å². The highest BCUT2D eigenvalue weighted by Gasteiger charge is 2.62. The van der Waals surface area contributed by atoms with Crippen molar-refractivity contribution in [1.82, 2.24) is 20.4 Å². The van der Waals surface area contributed by atoms with Crippen LogP contribution in [-0.4, -0.2) is 20.4 Å². The van der Waals surface area contributed by atoms with Crippen molar-refractivity contribution in [2.24, 2.45) is 17.3 Å². The highest BCUT2D eigenvalue weighted by Crippen LogP contribution is 2.68. The summed E-state index contributed by atoms with van der Waals surface area (Å²) in [6, 6.07) is 0. The SMILES string of the molecule is Cc1nnc(C2=CCC=C(c3nnc(C)o3)C3C2C3(C)C)o1. The van der Waals surface area contributed by atoms with Crippen LogP contribution in [0.15, 0.2) is 21.0 Å². The van der Waals surface area contributed by atoms with Gasteiger partial charge in [-0.2, -0.15) is 0 Å². The van der Waals surface area contributed by atoms with E-state index in [0.29, 0.717) is 35.4 Å². The molecule has 4 rings (SSSR count). The van der Waals surface area contributed by atoms with Gasteiger partial charge in [-0.15, -0.1) is 20.4 Å². The lowest BCUT2D eigenvalue weighted by Gasteiger charge is -2.06. The maximum Gasteiger partial charge on any atom is 0.243 e. The van der Waals surface area contributed by atoms with Gasteiger partial charge in [-0.25, -0.2) is 0 Å². The lowest BCUT2D eigenvalue weighted by molar-refractivity contribution is 0.496. The summed E-state index contributed by atoms with van der Waals surface area (Å²) in [7, 11) is 0. The Kier molecular flexibility index (Phi) is 2.67. The Morgan fingerprint density at radius 3 is 1.68 bits per heavy atom. The number of aromatic nitrogens is 4. The van der Waals surface area contributed by atoms with Gasteiger partial charge in [0.25, 0.3) is 0 Å². The summed E-state index contributed by atoms with van der Waals surface area (Å²) >= 11 is 0. The van der Waals surface area contributed by atoms with Crippen LogP contribution in [0.5, 0.6) is 0 Å². The summed E-state index contributed by atoms with van der Waals surface area (Å²) in [5.41, 5.74) is 2.39. The van der Waals surface area contributed by atoms with Crippen LogP contribution in [0.3, 0.4) is 0 Å². The fourth-order valence-electron chi connectivity index (χ4n) is 3.63. The molecule has 114 valence electrons. The van der Waals surface area contributed by atoms with Crippen molar-refractivity contribution in [2.45, 2.75) is 34.1 Å². The van der Waals surface area contributed by atoms with Crippen molar-refractivity contribution in [1.29, 1.82) is 0 Å². The molecule has 2 heterocycles. The third-order valence-electron chi connectivity index (χ3n) is 4.72. The molecule has 2 atom stereocenters. The molecular formula is C16H18N4O2. The van der Waals surface area contributed by atoms with E-state index in [-0.39, 0.29) is 5.41 Å². The van der Waals surface area contributed by atoms with Crippen LogP contribution >= 0.6 is 0 Å². The molecule has 0 spiro atoms. The van der Waals surface area contributed by atoms with Gasteiger partial charge in [-0.1, -0.05) is 26.0 Å². The molecule has 0 saturated heterocycles. The predicted molar refractivity (Wildman–Crippen MR) is 79.4 cm³/mol. The quantitative estimate of drug-likeness (QED) is 0.847. The molecule has 2 aliphatic carbocycles. The van der Waals surface area contributed by atoms with Crippen molar-refractivity contribution in [3.8, 4) is 0 Å². The van der Waals surface area contributed by atoms with Crippen molar-refractivity contribution < 1.29 is 8.83 Å². The highest BCUT2D eigenvalue weighted by molar-refractivity contribution is 5.77. The van der Waals surface area contributed by atoms with Gasteiger partial charge in [-0.3, -0.25) is 0 Å². The number of hydrogen-bond acceptors (Lipinski definition) is 6. The topological polar surface area (TPSA) is 77.8 Å². The molecule has 6 nitrogen and oxygen atoms in total. The second-order valence-corrected chi connectivity index (χ2v) is 6.58. The number of allylic oxidation sites excluding steroid dienone is 4. The van der Waals surface area contributed by atoms with Crippen LogP contribution in [0.4, 0.5) is 0 Å². The third kappa shape index (κ3) is 1.86. The molecule has 0 aliphatic heterocycles. The van der Waals surface area contributed by atoms with Gasteiger partial charge in [0.15, 0.2) is 0 Å². The number of rotatable bonds is 2. The maximum absolute atomic E-state index is 5.65.